The van der Waals surface area contributed by atoms with Gasteiger partial charge in [-0.1, -0.05) is 107 Å². The summed E-state index contributed by atoms with van der Waals surface area (Å²) in [5, 5.41) is 0. The van der Waals surface area contributed by atoms with Crippen molar-refractivity contribution in [2.24, 2.45) is 0 Å². The highest BCUT2D eigenvalue weighted by molar-refractivity contribution is 9.10. The first-order valence-corrected chi connectivity index (χ1v) is 10.4. The zero-order chi connectivity index (χ0) is 19.7. The Morgan fingerprint density at radius 3 is 1.59 bits per heavy atom. The van der Waals surface area contributed by atoms with E-state index in [1.165, 1.54) is 16.7 Å². The Balaban J connectivity index is 1.95. The predicted molar refractivity (Wildman–Crippen MR) is 122 cm³/mol. The largest absolute Gasteiger partial charge is 0.312 e. The highest BCUT2D eigenvalue weighted by atomic mass is 79.9. The molecule has 3 heteroatoms. The number of imidazole rings is 1. The quantitative estimate of drug-likeness (QED) is 0.287. The molecule has 1 aromatic heterocycles. The van der Waals surface area contributed by atoms with Crippen LogP contribution in [-0.4, -0.2) is 9.55 Å². The number of hydrogen-bond acceptors (Lipinski definition) is 1. The van der Waals surface area contributed by atoms with Gasteiger partial charge >= 0.3 is 0 Å². The Morgan fingerprint density at radius 1 is 0.621 bits per heavy atom. The van der Waals surface area contributed by atoms with Gasteiger partial charge in [-0.3, -0.25) is 0 Å². The molecule has 0 fully saturated rings. The molecule has 5 rings (SSSR count). The molecule has 0 spiro atoms. The van der Waals surface area contributed by atoms with Crippen LogP contribution in [0.15, 0.2) is 120 Å². The van der Waals surface area contributed by atoms with Crippen molar-refractivity contribution in [3.8, 4) is 0 Å². The first-order valence-electron chi connectivity index (χ1n) is 9.60. The molecule has 0 saturated heterocycles. The van der Waals surface area contributed by atoms with E-state index < -0.39 is 5.54 Å². The number of halogens is 1. The minimum absolute atomic E-state index is 0.535. The summed E-state index contributed by atoms with van der Waals surface area (Å²) in [6, 6.07) is 38.3. The molecule has 0 unspecified atom stereocenters. The van der Waals surface area contributed by atoms with Gasteiger partial charge < -0.3 is 4.57 Å². The van der Waals surface area contributed by atoms with Gasteiger partial charge in [0.25, 0.3) is 0 Å². The van der Waals surface area contributed by atoms with Gasteiger partial charge in [0.05, 0.1) is 17.4 Å². The Hall–Kier alpha value is -3.17. The third-order valence-electron chi connectivity index (χ3n) is 5.45. The monoisotopic (exact) mass is 438 g/mol. The summed E-state index contributed by atoms with van der Waals surface area (Å²) in [7, 11) is 0. The first kappa shape index (κ1) is 17.9. The van der Waals surface area contributed by atoms with E-state index in [1.807, 2.05) is 6.33 Å². The summed E-state index contributed by atoms with van der Waals surface area (Å²) in [5.41, 5.74) is 5.10. The molecule has 0 radical (unpaired) electrons. The molecule has 0 N–H and O–H groups in total. The van der Waals surface area contributed by atoms with Gasteiger partial charge in [-0.2, -0.15) is 0 Å². The molecule has 1 heterocycles. The van der Waals surface area contributed by atoms with Crippen LogP contribution in [0.4, 0.5) is 0 Å². The second-order valence-corrected chi connectivity index (χ2v) is 7.97. The van der Waals surface area contributed by atoms with E-state index in [0.29, 0.717) is 0 Å². The van der Waals surface area contributed by atoms with E-state index in [9.17, 15) is 0 Å². The lowest BCUT2D eigenvalue weighted by atomic mass is 9.76. The molecule has 0 saturated carbocycles. The standard InChI is InChI=1S/C26H19BrN2/c27-23-16-17-25-24(18-23)28-19-29(25)26(20-10-4-1-5-11-20,21-12-6-2-7-13-21)22-14-8-3-9-15-22/h1-19H. The lowest BCUT2D eigenvalue weighted by molar-refractivity contribution is 0.529. The fourth-order valence-electron chi connectivity index (χ4n) is 4.21. The molecule has 0 aliphatic rings. The van der Waals surface area contributed by atoms with Crippen LogP contribution in [0.5, 0.6) is 0 Å². The fourth-order valence-corrected chi connectivity index (χ4v) is 4.56. The van der Waals surface area contributed by atoms with Gasteiger partial charge in [-0.25, -0.2) is 4.98 Å². The zero-order valence-electron chi connectivity index (χ0n) is 15.7. The molecular weight excluding hydrogens is 420 g/mol. The van der Waals surface area contributed by atoms with Gasteiger partial charge in [0, 0.05) is 4.47 Å². The second kappa shape index (κ2) is 7.34. The van der Waals surface area contributed by atoms with Crippen molar-refractivity contribution >= 4 is 27.0 Å². The molecular formula is C26H19BrN2. The van der Waals surface area contributed by atoms with Crippen molar-refractivity contribution in [1.82, 2.24) is 9.55 Å². The van der Waals surface area contributed by atoms with E-state index >= 15 is 0 Å². The lowest BCUT2D eigenvalue weighted by Crippen LogP contribution is -2.37. The average Bonchev–Trinajstić information content (AvgIpc) is 3.20. The molecule has 0 amide bonds. The summed E-state index contributed by atoms with van der Waals surface area (Å²) < 4.78 is 3.33. The maximum absolute atomic E-state index is 4.75. The number of nitrogens with zero attached hydrogens (tertiary/aromatic N) is 2. The summed E-state index contributed by atoms with van der Waals surface area (Å²) in [5.74, 6) is 0. The Bertz CT molecular complexity index is 1150. The molecule has 0 bridgehead atoms. The van der Waals surface area contributed by atoms with Crippen LogP contribution in [0.25, 0.3) is 11.0 Å². The topological polar surface area (TPSA) is 17.8 Å². The normalized spacial score (nSPS) is 11.6. The third kappa shape index (κ3) is 2.90. The number of fused-ring (bicyclic) bond motifs is 1. The maximum Gasteiger partial charge on any atom is 0.122 e. The molecule has 29 heavy (non-hydrogen) atoms. The van der Waals surface area contributed by atoms with Crippen LogP contribution < -0.4 is 0 Å². The first-order chi connectivity index (χ1) is 14.3. The molecule has 5 aromatic rings. The molecule has 0 aliphatic heterocycles. The van der Waals surface area contributed by atoms with Gasteiger partial charge in [0.15, 0.2) is 0 Å². The number of rotatable bonds is 4. The van der Waals surface area contributed by atoms with Crippen molar-refractivity contribution in [2.45, 2.75) is 5.54 Å². The van der Waals surface area contributed by atoms with E-state index in [0.717, 1.165) is 15.5 Å². The van der Waals surface area contributed by atoms with Crippen molar-refractivity contribution < 1.29 is 0 Å². The van der Waals surface area contributed by atoms with Crippen LogP contribution in [0.3, 0.4) is 0 Å². The minimum Gasteiger partial charge on any atom is -0.312 e. The Kier molecular flexibility index (Phi) is 4.53. The molecule has 140 valence electrons. The SMILES string of the molecule is Brc1ccc2c(c1)ncn2C(c1ccccc1)(c1ccccc1)c1ccccc1. The van der Waals surface area contributed by atoms with E-state index in [1.54, 1.807) is 0 Å². The zero-order valence-corrected chi connectivity index (χ0v) is 17.3. The van der Waals surface area contributed by atoms with Crippen molar-refractivity contribution in [3.05, 3.63) is 137 Å². The second-order valence-electron chi connectivity index (χ2n) is 7.06. The molecule has 2 nitrogen and oxygen atoms in total. The third-order valence-corrected chi connectivity index (χ3v) is 5.94. The van der Waals surface area contributed by atoms with Crippen LogP contribution in [-0.2, 0) is 5.54 Å². The molecule has 0 atom stereocenters. The van der Waals surface area contributed by atoms with E-state index in [2.05, 4.69) is 130 Å². The summed E-state index contributed by atoms with van der Waals surface area (Å²) in [6.45, 7) is 0. The highest BCUT2D eigenvalue weighted by Gasteiger charge is 2.39. The lowest BCUT2D eigenvalue weighted by Gasteiger charge is -2.38. The van der Waals surface area contributed by atoms with Crippen LogP contribution in [0.2, 0.25) is 0 Å². The number of aromatic nitrogens is 2. The van der Waals surface area contributed by atoms with Crippen LogP contribution in [0, 0.1) is 0 Å². The van der Waals surface area contributed by atoms with Crippen molar-refractivity contribution in [2.75, 3.05) is 0 Å². The maximum atomic E-state index is 4.75. The molecule has 4 aromatic carbocycles. The van der Waals surface area contributed by atoms with Gasteiger partial charge in [-0.05, 0) is 34.9 Å². The average molecular weight is 439 g/mol. The number of benzene rings is 4. The minimum atomic E-state index is -0.535. The van der Waals surface area contributed by atoms with Gasteiger partial charge in [-0.15, -0.1) is 0 Å². The van der Waals surface area contributed by atoms with Crippen molar-refractivity contribution in [3.63, 3.8) is 0 Å². The predicted octanol–water partition coefficient (Wildman–Crippen LogP) is 6.64. The Morgan fingerprint density at radius 2 is 1.10 bits per heavy atom. The van der Waals surface area contributed by atoms with E-state index in [4.69, 9.17) is 4.98 Å². The van der Waals surface area contributed by atoms with Gasteiger partial charge in [0.1, 0.15) is 5.54 Å². The fraction of sp³-hybridized carbons (Fsp3) is 0.0385. The Labute approximate surface area is 178 Å². The van der Waals surface area contributed by atoms with E-state index in [-0.39, 0.29) is 0 Å². The highest BCUT2D eigenvalue weighted by Crippen LogP contribution is 2.42. The van der Waals surface area contributed by atoms with Crippen molar-refractivity contribution in [1.29, 1.82) is 0 Å². The summed E-state index contributed by atoms with van der Waals surface area (Å²) in [4.78, 5) is 4.75. The van der Waals surface area contributed by atoms with Gasteiger partial charge in [0.2, 0.25) is 0 Å². The summed E-state index contributed by atoms with van der Waals surface area (Å²) in [6.07, 6.45) is 1.96. The number of hydrogen-bond donors (Lipinski definition) is 0. The van der Waals surface area contributed by atoms with Crippen LogP contribution in [0.1, 0.15) is 16.7 Å². The smallest absolute Gasteiger partial charge is 0.122 e. The summed E-state index contributed by atoms with van der Waals surface area (Å²) >= 11 is 3.58. The molecule has 0 aliphatic carbocycles. The van der Waals surface area contributed by atoms with Crippen LogP contribution >= 0.6 is 15.9 Å².